The van der Waals surface area contributed by atoms with Gasteiger partial charge in [-0.25, -0.2) is 4.79 Å². The average molecular weight is 180 g/mol. The summed E-state index contributed by atoms with van der Waals surface area (Å²) in [6, 6.07) is 0. The monoisotopic (exact) mass is 180 g/mol. The van der Waals surface area contributed by atoms with Gasteiger partial charge in [0.05, 0.1) is 0 Å². The first-order valence-corrected chi connectivity index (χ1v) is 4.26. The summed E-state index contributed by atoms with van der Waals surface area (Å²) < 4.78 is 4.86. The Balaban J connectivity index is 3.66. The zero-order chi connectivity index (χ0) is 10.1. The van der Waals surface area contributed by atoms with Crippen molar-refractivity contribution in [3.8, 4) is 0 Å². The number of rotatable bonds is 4. The summed E-state index contributed by atoms with van der Waals surface area (Å²) in [7, 11) is 0. The quantitative estimate of drug-likeness (QED) is 0.377. The second-order valence-corrected chi connectivity index (χ2v) is 2.81. The summed E-state index contributed by atoms with van der Waals surface area (Å²) in [4.78, 5) is 10.9. The topological polar surface area (TPSA) is 26.3 Å². The Morgan fingerprint density at radius 3 is 2.54 bits per heavy atom. The molecule has 0 bridgehead atoms. The maximum atomic E-state index is 10.9. The zero-order valence-corrected chi connectivity index (χ0v) is 8.41. The first kappa shape index (κ1) is 11.7. The molecule has 0 aliphatic heterocycles. The molecule has 0 amide bonds. The van der Waals surface area contributed by atoms with E-state index in [9.17, 15) is 4.79 Å². The van der Waals surface area contributed by atoms with Crippen LogP contribution in [0, 0.1) is 0 Å². The van der Waals surface area contributed by atoms with Crippen LogP contribution in [-0.4, -0.2) is 12.6 Å². The van der Waals surface area contributed by atoms with Gasteiger partial charge >= 0.3 is 5.97 Å². The molecule has 0 aromatic rings. The lowest BCUT2D eigenvalue weighted by atomic mass is 10.3. The Hall–Kier alpha value is -1.31. The highest BCUT2D eigenvalue weighted by Crippen LogP contribution is 1.91. The van der Waals surface area contributed by atoms with E-state index in [2.05, 4.69) is 0 Å². The van der Waals surface area contributed by atoms with Crippen molar-refractivity contribution in [2.24, 2.45) is 0 Å². The Labute approximate surface area is 79.6 Å². The van der Waals surface area contributed by atoms with Crippen LogP contribution in [0.3, 0.4) is 0 Å². The number of hydrogen-bond acceptors (Lipinski definition) is 2. The van der Waals surface area contributed by atoms with Gasteiger partial charge in [-0.3, -0.25) is 0 Å². The standard InChI is InChI=1S/C11H16O2/c1-4-5-6-7-8-13-11(12)9-10(2)3/h4-7,9H,8H2,1-3H3/b5-4+,7-6-. The lowest BCUT2D eigenvalue weighted by Crippen LogP contribution is -2.00. The highest BCUT2D eigenvalue weighted by Gasteiger charge is 1.93. The minimum atomic E-state index is -0.287. The van der Waals surface area contributed by atoms with E-state index in [1.807, 2.05) is 39.0 Å². The van der Waals surface area contributed by atoms with Crippen molar-refractivity contribution in [3.05, 3.63) is 36.0 Å². The van der Waals surface area contributed by atoms with Crippen molar-refractivity contribution in [2.45, 2.75) is 20.8 Å². The molecule has 2 nitrogen and oxygen atoms in total. The van der Waals surface area contributed by atoms with E-state index in [0.717, 1.165) is 5.57 Å². The van der Waals surface area contributed by atoms with Gasteiger partial charge in [0, 0.05) is 6.08 Å². The molecule has 0 radical (unpaired) electrons. The molecule has 0 heterocycles. The largest absolute Gasteiger partial charge is 0.458 e. The number of carbonyl (C=O) groups excluding carboxylic acids is 1. The summed E-state index contributed by atoms with van der Waals surface area (Å²) in [5.74, 6) is -0.287. The molecule has 13 heavy (non-hydrogen) atoms. The summed E-state index contributed by atoms with van der Waals surface area (Å²) in [6.45, 7) is 5.97. The van der Waals surface area contributed by atoms with Crippen LogP contribution in [0.2, 0.25) is 0 Å². The van der Waals surface area contributed by atoms with Gasteiger partial charge in [0.2, 0.25) is 0 Å². The Bertz CT molecular complexity index is 230. The fourth-order valence-electron chi connectivity index (χ4n) is 0.653. The first-order chi connectivity index (χ1) is 6.16. The normalized spacial score (nSPS) is 10.7. The fraction of sp³-hybridized carbons (Fsp3) is 0.364. The van der Waals surface area contributed by atoms with Gasteiger partial charge in [-0.15, -0.1) is 0 Å². The minimum absolute atomic E-state index is 0.287. The van der Waals surface area contributed by atoms with Crippen molar-refractivity contribution in [2.75, 3.05) is 6.61 Å². The fourth-order valence-corrected chi connectivity index (χ4v) is 0.653. The van der Waals surface area contributed by atoms with Gasteiger partial charge in [0.15, 0.2) is 0 Å². The molecule has 0 N–H and O–H groups in total. The van der Waals surface area contributed by atoms with E-state index in [4.69, 9.17) is 4.74 Å². The maximum Gasteiger partial charge on any atom is 0.330 e. The predicted molar refractivity (Wildman–Crippen MR) is 54.3 cm³/mol. The SMILES string of the molecule is C/C=C/C=C\COC(=O)C=C(C)C. The molecule has 72 valence electrons. The van der Waals surface area contributed by atoms with Crippen LogP contribution in [0.4, 0.5) is 0 Å². The smallest absolute Gasteiger partial charge is 0.330 e. The van der Waals surface area contributed by atoms with Gasteiger partial charge in [-0.2, -0.15) is 0 Å². The van der Waals surface area contributed by atoms with E-state index in [1.165, 1.54) is 6.08 Å². The molecule has 0 spiro atoms. The summed E-state index contributed by atoms with van der Waals surface area (Å²) in [6.07, 6.45) is 8.90. The molecular weight excluding hydrogens is 164 g/mol. The van der Waals surface area contributed by atoms with Gasteiger partial charge in [0.25, 0.3) is 0 Å². The highest BCUT2D eigenvalue weighted by atomic mass is 16.5. The van der Waals surface area contributed by atoms with Crippen LogP contribution in [0.15, 0.2) is 36.0 Å². The number of hydrogen-bond donors (Lipinski definition) is 0. The first-order valence-electron chi connectivity index (χ1n) is 4.26. The molecule has 0 aliphatic rings. The summed E-state index contributed by atoms with van der Waals surface area (Å²) in [5, 5.41) is 0. The van der Waals surface area contributed by atoms with Crippen LogP contribution in [-0.2, 0) is 9.53 Å². The van der Waals surface area contributed by atoms with E-state index in [0.29, 0.717) is 6.61 Å². The molecule has 0 unspecified atom stereocenters. The van der Waals surface area contributed by atoms with E-state index in [1.54, 1.807) is 6.08 Å². The average Bonchev–Trinajstić information content (AvgIpc) is 2.02. The zero-order valence-electron chi connectivity index (χ0n) is 8.41. The number of carbonyl (C=O) groups is 1. The number of ether oxygens (including phenoxy) is 1. The highest BCUT2D eigenvalue weighted by molar-refractivity contribution is 5.82. The van der Waals surface area contributed by atoms with Crippen molar-refractivity contribution in [1.82, 2.24) is 0 Å². The third kappa shape index (κ3) is 8.60. The van der Waals surface area contributed by atoms with Crippen LogP contribution in [0.1, 0.15) is 20.8 Å². The van der Waals surface area contributed by atoms with Crippen LogP contribution in [0.5, 0.6) is 0 Å². The van der Waals surface area contributed by atoms with Crippen LogP contribution in [0.25, 0.3) is 0 Å². The molecule has 2 heteroatoms. The maximum absolute atomic E-state index is 10.9. The third-order valence-electron chi connectivity index (χ3n) is 1.17. The van der Waals surface area contributed by atoms with E-state index < -0.39 is 0 Å². The van der Waals surface area contributed by atoms with Gasteiger partial charge in [0.1, 0.15) is 6.61 Å². The van der Waals surface area contributed by atoms with E-state index >= 15 is 0 Å². The molecule has 0 aliphatic carbocycles. The Kier molecular flexibility index (Phi) is 6.60. The molecule has 0 aromatic heterocycles. The molecule has 0 saturated carbocycles. The van der Waals surface area contributed by atoms with E-state index in [-0.39, 0.29) is 5.97 Å². The number of esters is 1. The summed E-state index contributed by atoms with van der Waals surface area (Å²) in [5.41, 5.74) is 0.947. The molecule has 0 atom stereocenters. The lowest BCUT2D eigenvalue weighted by molar-refractivity contribution is -0.136. The molecule has 0 aromatic carbocycles. The van der Waals surface area contributed by atoms with Crippen molar-refractivity contribution < 1.29 is 9.53 Å². The van der Waals surface area contributed by atoms with Crippen molar-refractivity contribution >= 4 is 5.97 Å². The lowest BCUT2D eigenvalue weighted by Gasteiger charge is -1.96. The summed E-state index contributed by atoms with van der Waals surface area (Å²) >= 11 is 0. The molecule has 0 saturated heterocycles. The predicted octanol–water partition coefficient (Wildman–Crippen LogP) is 2.63. The van der Waals surface area contributed by atoms with Gasteiger partial charge < -0.3 is 4.74 Å². The van der Waals surface area contributed by atoms with Crippen LogP contribution >= 0.6 is 0 Å². The molecule has 0 rings (SSSR count). The van der Waals surface area contributed by atoms with Gasteiger partial charge in [-0.05, 0) is 26.8 Å². The van der Waals surface area contributed by atoms with Gasteiger partial charge in [-0.1, -0.05) is 23.8 Å². The Morgan fingerprint density at radius 2 is 2.00 bits per heavy atom. The second kappa shape index (κ2) is 7.35. The third-order valence-corrected chi connectivity index (χ3v) is 1.17. The van der Waals surface area contributed by atoms with Crippen molar-refractivity contribution in [1.29, 1.82) is 0 Å². The van der Waals surface area contributed by atoms with Crippen molar-refractivity contribution in [3.63, 3.8) is 0 Å². The Morgan fingerprint density at radius 1 is 1.31 bits per heavy atom. The molecular formula is C11H16O2. The van der Waals surface area contributed by atoms with Crippen LogP contribution < -0.4 is 0 Å². The second-order valence-electron chi connectivity index (χ2n) is 2.81. The molecule has 0 fully saturated rings. The number of allylic oxidation sites excluding steroid dienone is 4. The minimum Gasteiger partial charge on any atom is -0.458 e.